The van der Waals surface area contributed by atoms with Crippen molar-refractivity contribution in [2.75, 3.05) is 0 Å². The van der Waals surface area contributed by atoms with Crippen LogP contribution in [0.3, 0.4) is 0 Å². The maximum atomic E-state index is 11.8. The first-order chi connectivity index (χ1) is 10.1. The fraction of sp³-hybridized carbons (Fsp3) is 0.0588. The van der Waals surface area contributed by atoms with Crippen LogP contribution in [0.2, 0.25) is 5.02 Å². The summed E-state index contributed by atoms with van der Waals surface area (Å²) in [5.41, 5.74) is 4.81. The summed E-state index contributed by atoms with van der Waals surface area (Å²) in [5.74, 6) is -0.265. The van der Waals surface area contributed by atoms with Crippen LogP contribution in [0.1, 0.15) is 22.8 Å². The monoisotopic (exact) mass is 298 g/mol. The summed E-state index contributed by atoms with van der Waals surface area (Å²) in [4.78, 5) is 11.8. The third kappa shape index (κ3) is 4.89. The van der Waals surface area contributed by atoms with Gasteiger partial charge < -0.3 is 0 Å². The van der Waals surface area contributed by atoms with Crippen molar-refractivity contribution in [1.82, 2.24) is 5.43 Å². The van der Waals surface area contributed by atoms with Gasteiger partial charge >= 0.3 is 0 Å². The Balaban J connectivity index is 1.95. The lowest BCUT2D eigenvalue weighted by Gasteiger charge is -2.00. The molecular weight excluding hydrogens is 284 g/mol. The molecule has 106 valence electrons. The number of amides is 1. The van der Waals surface area contributed by atoms with E-state index in [1.165, 1.54) is 0 Å². The number of hydrazone groups is 1. The van der Waals surface area contributed by atoms with Gasteiger partial charge in [-0.25, -0.2) is 5.43 Å². The van der Waals surface area contributed by atoms with Crippen molar-refractivity contribution in [3.05, 3.63) is 76.8 Å². The summed E-state index contributed by atoms with van der Waals surface area (Å²) < 4.78 is 0. The van der Waals surface area contributed by atoms with Crippen molar-refractivity contribution in [3.8, 4) is 0 Å². The number of hydrogen-bond donors (Lipinski definition) is 1. The fourth-order valence-corrected chi connectivity index (χ4v) is 1.75. The van der Waals surface area contributed by atoms with E-state index in [-0.39, 0.29) is 5.91 Å². The van der Waals surface area contributed by atoms with Crippen molar-refractivity contribution >= 4 is 29.3 Å². The number of hydrogen-bond acceptors (Lipinski definition) is 2. The van der Waals surface area contributed by atoms with Gasteiger partial charge in [-0.15, -0.1) is 0 Å². The lowest BCUT2D eigenvalue weighted by Crippen LogP contribution is -2.18. The van der Waals surface area contributed by atoms with Crippen LogP contribution in [0, 0.1) is 0 Å². The van der Waals surface area contributed by atoms with Gasteiger partial charge in [0.2, 0.25) is 0 Å². The minimum Gasteiger partial charge on any atom is -0.267 e. The van der Waals surface area contributed by atoms with Crippen LogP contribution in [0.4, 0.5) is 0 Å². The van der Waals surface area contributed by atoms with Crippen LogP contribution >= 0.6 is 11.6 Å². The summed E-state index contributed by atoms with van der Waals surface area (Å²) in [6.45, 7) is 1.82. The third-order valence-corrected chi connectivity index (χ3v) is 3.01. The Morgan fingerprint density at radius 1 is 1.10 bits per heavy atom. The van der Waals surface area contributed by atoms with Gasteiger partial charge in [-0.3, -0.25) is 4.79 Å². The molecule has 0 aromatic heterocycles. The SMILES string of the molecule is CC(/C=C/c1ccccc1)=NNC(=O)c1ccc(Cl)cc1. The molecule has 2 rings (SSSR count). The van der Waals surface area contributed by atoms with Crippen LogP contribution in [-0.4, -0.2) is 11.6 Å². The average molecular weight is 299 g/mol. The quantitative estimate of drug-likeness (QED) is 0.668. The summed E-state index contributed by atoms with van der Waals surface area (Å²) in [6, 6.07) is 16.5. The molecule has 1 N–H and O–H groups in total. The Kier molecular flexibility index (Phi) is 5.29. The first kappa shape index (κ1) is 15.0. The highest BCUT2D eigenvalue weighted by molar-refractivity contribution is 6.30. The van der Waals surface area contributed by atoms with E-state index in [2.05, 4.69) is 10.5 Å². The van der Waals surface area contributed by atoms with Crippen molar-refractivity contribution in [1.29, 1.82) is 0 Å². The molecule has 0 atom stereocenters. The Morgan fingerprint density at radius 3 is 2.43 bits per heavy atom. The number of nitrogens with zero attached hydrogens (tertiary/aromatic N) is 1. The van der Waals surface area contributed by atoms with E-state index in [0.29, 0.717) is 16.3 Å². The van der Waals surface area contributed by atoms with E-state index in [9.17, 15) is 4.79 Å². The van der Waals surface area contributed by atoms with Crippen LogP contribution in [-0.2, 0) is 0 Å². The van der Waals surface area contributed by atoms with E-state index >= 15 is 0 Å². The minimum atomic E-state index is -0.265. The van der Waals surface area contributed by atoms with Crippen LogP contribution in [0.25, 0.3) is 6.08 Å². The zero-order valence-electron chi connectivity index (χ0n) is 11.6. The standard InChI is InChI=1S/C17H15ClN2O/c1-13(7-8-14-5-3-2-4-6-14)19-20-17(21)15-9-11-16(18)12-10-15/h2-12H,1H3,(H,20,21)/b8-7+,19-13?. The molecule has 4 heteroatoms. The first-order valence-electron chi connectivity index (χ1n) is 6.48. The maximum absolute atomic E-state index is 11.8. The highest BCUT2D eigenvalue weighted by atomic mass is 35.5. The van der Waals surface area contributed by atoms with Gasteiger partial charge in [0, 0.05) is 10.6 Å². The number of allylic oxidation sites excluding steroid dienone is 1. The molecule has 2 aromatic carbocycles. The van der Waals surface area contributed by atoms with Gasteiger partial charge in [-0.2, -0.15) is 5.10 Å². The largest absolute Gasteiger partial charge is 0.271 e. The number of halogens is 1. The Hall–Kier alpha value is -2.39. The lowest BCUT2D eigenvalue weighted by molar-refractivity contribution is 0.0955. The smallest absolute Gasteiger partial charge is 0.267 e. The van der Waals surface area contributed by atoms with E-state index in [4.69, 9.17) is 11.6 Å². The lowest BCUT2D eigenvalue weighted by atomic mass is 10.2. The molecule has 0 radical (unpaired) electrons. The molecule has 0 aliphatic heterocycles. The van der Waals surface area contributed by atoms with Gasteiger partial charge in [0.15, 0.2) is 0 Å². The van der Waals surface area contributed by atoms with Crippen molar-refractivity contribution in [2.24, 2.45) is 5.10 Å². The number of rotatable bonds is 4. The molecule has 0 aliphatic carbocycles. The van der Waals surface area contributed by atoms with E-state index in [1.807, 2.05) is 49.4 Å². The summed E-state index contributed by atoms with van der Waals surface area (Å²) >= 11 is 5.77. The molecule has 0 unspecified atom stereocenters. The molecule has 0 heterocycles. The predicted molar refractivity (Wildman–Crippen MR) is 87.5 cm³/mol. The summed E-state index contributed by atoms with van der Waals surface area (Å²) in [7, 11) is 0. The van der Waals surface area contributed by atoms with Crippen molar-refractivity contribution in [3.63, 3.8) is 0 Å². The second-order valence-electron chi connectivity index (χ2n) is 4.45. The van der Waals surface area contributed by atoms with Gasteiger partial charge in [-0.05, 0) is 42.8 Å². The number of carbonyl (C=O) groups excluding carboxylic acids is 1. The number of carbonyl (C=O) groups is 1. The van der Waals surface area contributed by atoms with Crippen LogP contribution in [0.15, 0.2) is 65.8 Å². The highest BCUT2D eigenvalue weighted by Gasteiger charge is 2.03. The van der Waals surface area contributed by atoms with Crippen molar-refractivity contribution < 1.29 is 4.79 Å². The van der Waals surface area contributed by atoms with Crippen LogP contribution in [0.5, 0.6) is 0 Å². The Morgan fingerprint density at radius 2 is 1.76 bits per heavy atom. The minimum absolute atomic E-state index is 0.265. The van der Waals surface area contributed by atoms with E-state index in [0.717, 1.165) is 5.56 Å². The Labute approximate surface area is 129 Å². The zero-order chi connectivity index (χ0) is 15.1. The highest BCUT2D eigenvalue weighted by Crippen LogP contribution is 2.09. The van der Waals surface area contributed by atoms with E-state index < -0.39 is 0 Å². The topological polar surface area (TPSA) is 41.5 Å². The summed E-state index contributed by atoms with van der Waals surface area (Å²) in [5, 5.41) is 4.63. The van der Waals surface area contributed by atoms with Crippen molar-refractivity contribution in [2.45, 2.75) is 6.92 Å². The molecule has 0 aliphatic rings. The third-order valence-electron chi connectivity index (χ3n) is 2.76. The second kappa shape index (κ2) is 7.41. The van der Waals surface area contributed by atoms with Gasteiger partial charge in [0.1, 0.15) is 0 Å². The molecule has 0 saturated carbocycles. The molecule has 2 aromatic rings. The molecule has 0 bridgehead atoms. The first-order valence-corrected chi connectivity index (χ1v) is 6.86. The normalized spacial score (nSPS) is 11.6. The molecule has 3 nitrogen and oxygen atoms in total. The van der Waals surface area contributed by atoms with Gasteiger partial charge in [0.25, 0.3) is 5.91 Å². The van der Waals surface area contributed by atoms with Gasteiger partial charge in [0.05, 0.1) is 5.71 Å². The molecule has 21 heavy (non-hydrogen) atoms. The Bertz CT molecular complexity index is 661. The molecule has 1 amide bonds. The molecule has 0 saturated heterocycles. The van der Waals surface area contributed by atoms with Gasteiger partial charge in [-0.1, -0.05) is 48.0 Å². The predicted octanol–water partition coefficient (Wildman–Crippen LogP) is 4.16. The summed E-state index contributed by atoms with van der Waals surface area (Å²) in [6.07, 6.45) is 3.78. The number of nitrogens with one attached hydrogen (secondary N) is 1. The molecular formula is C17H15ClN2O. The zero-order valence-corrected chi connectivity index (χ0v) is 12.3. The molecule has 0 spiro atoms. The average Bonchev–Trinajstić information content (AvgIpc) is 2.52. The number of benzene rings is 2. The maximum Gasteiger partial charge on any atom is 0.271 e. The van der Waals surface area contributed by atoms with E-state index in [1.54, 1.807) is 24.3 Å². The molecule has 0 fully saturated rings. The second-order valence-corrected chi connectivity index (χ2v) is 4.88. The van der Waals surface area contributed by atoms with Crippen LogP contribution < -0.4 is 5.43 Å². The fourth-order valence-electron chi connectivity index (χ4n) is 1.62.